The molecule has 0 saturated carbocycles. The van der Waals surface area contributed by atoms with Gasteiger partial charge in [0, 0.05) is 16.3 Å². The van der Waals surface area contributed by atoms with Crippen molar-refractivity contribution in [2.75, 3.05) is 5.32 Å². The second kappa shape index (κ2) is 4.89. The van der Waals surface area contributed by atoms with Crippen molar-refractivity contribution in [1.29, 1.82) is 0 Å². The number of benzene rings is 1. The van der Waals surface area contributed by atoms with Crippen LogP contribution in [0.15, 0.2) is 30.3 Å². The third-order valence-corrected chi connectivity index (χ3v) is 3.69. The van der Waals surface area contributed by atoms with E-state index in [2.05, 4.69) is 30.4 Å². The van der Waals surface area contributed by atoms with Crippen LogP contribution in [0.1, 0.15) is 15.3 Å². The number of halogens is 1. The van der Waals surface area contributed by atoms with Gasteiger partial charge in [-0.1, -0.05) is 17.7 Å². The number of anilines is 1. The Hall–Kier alpha value is -0.990. The van der Waals surface area contributed by atoms with Crippen LogP contribution in [-0.2, 0) is 6.54 Å². The summed E-state index contributed by atoms with van der Waals surface area (Å²) in [6.45, 7) is 4.99. The van der Waals surface area contributed by atoms with Crippen LogP contribution in [0.2, 0.25) is 5.02 Å². The van der Waals surface area contributed by atoms with Gasteiger partial charge in [0.05, 0.1) is 10.7 Å². The lowest BCUT2D eigenvalue weighted by Gasteiger charge is -2.07. The second-order valence-electron chi connectivity index (χ2n) is 3.85. The molecule has 1 aromatic heterocycles. The van der Waals surface area contributed by atoms with Gasteiger partial charge in [-0.3, -0.25) is 0 Å². The molecule has 0 amide bonds. The predicted octanol–water partition coefficient (Wildman–Crippen LogP) is 4.63. The Morgan fingerprint density at radius 2 is 2.00 bits per heavy atom. The van der Waals surface area contributed by atoms with E-state index in [4.69, 9.17) is 11.6 Å². The number of aryl methyl sites for hydroxylation is 2. The molecule has 0 unspecified atom stereocenters. The molecular weight excluding hydrogens is 238 g/mol. The van der Waals surface area contributed by atoms with Crippen molar-refractivity contribution in [1.82, 2.24) is 0 Å². The average molecular weight is 252 g/mol. The van der Waals surface area contributed by atoms with Crippen molar-refractivity contribution in [3.8, 4) is 0 Å². The monoisotopic (exact) mass is 251 g/mol. The zero-order chi connectivity index (χ0) is 11.5. The van der Waals surface area contributed by atoms with Gasteiger partial charge in [0.1, 0.15) is 0 Å². The minimum Gasteiger partial charge on any atom is -0.379 e. The first-order valence-corrected chi connectivity index (χ1v) is 6.40. The zero-order valence-electron chi connectivity index (χ0n) is 9.38. The second-order valence-corrected chi connectivity index (χ2v) is 5.63. The first kappa shape index (κ1) is 11.5. The van der Waals surface area contributed by atoms with E-state index in [-0.39, 0.29) is 0 Å². The fourth-order valence-electron chi connectivity index (χ4n) is 1.53. The van der Waals surface area contributed by atoms with E-state index < -0.39 is 0 Å². The molecule has 1 N–H and O–H groups in total. The molecule has 2 rings (SSSR count). The molecule has 1 aromatic carbocycles. The summed E-state index contributed by atoms with van der Waals surface area (Å²) in [5.74, 6) is 0. The number of hydrogen-bond acceptors (Lipinski definition) is 2. The van der Waals surface area contributed by atoms with Gasteiger partial charge in [-0.05, 0) is 43.7 Å². The maximum atomic E-state index is 6.14. The third-order valence-electron chi connectivity index (χ3n) is 2.37. The Balaban J connectivity index is 2.04. The van der Waals surface area contributed by atoms with Gasteiger partial charge < -0.3 is 5.32 Å². The molecule has 0 spiro atoms. The highest BCUT2D eigenvalue weighted by atomic mass is 35.5. The normalized spacial score (nSPS) is 10.4. The Morgan fingerprint density at radius 3 is 2.62 bits per heavy atom. The summed E-state index contributed by atoms with van der Waals surface area (Å²) in [7, 11) is 0. The van der Waals surface area contributed by atoms with Crippen molar-refractivity contribution in [2.24, 2.45) is 0 Å². The highest BCUT2D eigenvalue weighted by Gasteiger charge is 2.01. The van der Waals surface area contributed by atoms with Gasteiger partial charge in [0.25, 0.3) is 0 Å². The molecule has 2 aromatic rings. The fourth-order valence-corrected chi connectivity index (χ4v) is 2.66. The van der Waals surface area contributed by atoms with Crippen molar-refractivity contribution in [3.63, 3.8) is 0 Å². The minimum absolute atomic E-state index is 0.785. The number of nitrogens with one attached hydrogen (secondary N) is 1. The number of thiophene rings is 1. The molecule has 1 nitrogen and oxygen atoms in total. The van der Waals surface area contributed by atoms with Crippen molar-refractivity contribution in [2.45, 2.75) is 20.4 Å². The minimum atomic E-state index is 0.785. The van der Waals surface area contributed by atoms with E-state index >= 15 is 0 Å². The summed E-state index contributed by atoms with van der Waals surface area (Å²) in [4.78, 5) is 2.67. The van der Waals surface area contributed by atoms with E-state index in [0.717, 1.165) is 17.3 Å². The topological polar surface area (TPSA) is 12.0 Å². The lowest BCUT2D eigenvalue weighted by atomic mass is 10.2. The Labute approximate surface area is 105 Å². The van der Waals surface area contributed by atoms with Gasteiger partial charge in [-0.15, -0.1) is 11.3 Å². The van der Waals surface area contributed by atoms with Crippen LogP contribution in [0, 0.1) is 13.8 Å². The molecule has 0 radical (unpaired) electrons. The van der Waals surface area contributed by atoms with Crippen LogP contribution in [-0.4, -0.2) is 0 Å². The Kier molecular flexibility index (Phi) is 3.52. The molecule has 0 aliphatic carbocycles. The zero-order valence-corrected chi connectivity index (χ0v) is 11.0. The summed E-state index contributed by atoms with van der Waals surface area (Å²) in [5.41, 5.74) is 2.18. The molecule has 84 valence electrons. The first-order chi connectivity index (χ1) is 7.65. The van der Waals surface area contributed by atoms with Gasteiger partial charge in [-0.2, -0.15) is 0 Å². The molecule has 0 saturated heterocycles. The van der Waals surface area contributed by atoms with Crippen LogP contribution >= 0.6 is 22.9 Å². The number of rotatable bonds is 3. The van der Waals surface area contributed by atoms with E-state index in [9.17, 15) is 0 Å². The molecule has 0 atom stereocenters. The summed E-state index contributed by atoms with van der Waals surface area (Å²) in [6, 6.07) is 10.4. The van der Waals surface area contributed by atoms with E-state index in [1.165, 1.54) is 15.3 Å². The Bertz CT molecular complexity index is 490. The lowest BCUT2D eigenvalue weighted by molar-refractivity contribution is 1.19. The smallest absolute Gasteiger partial charge is 0.0640 e. The van der Waals surface area contributed by atoms with Gasteiger partial charge in [-0.25, -0.2) is 0 Å². The van der Waals surface area contributed by atoms with Crippen molar-refractivity contribution < 1.29 is 0 Å². The molecule has 3 heteroatoms. The van der Waals surface area contributed by atoms with E-state index in [1.54, 1.807) is 0 Å². The highest BCUT2D eigenvalue weighted by molar-refractivity contribution is 7.11. The lowest BCUT2D eigenvalue weighted by Crippen LogP contribution is -1.97. The van der Waals surface area contributed by atoms with Gasteiger partial charge >= 0.3 is 0 Å². The molecule has 0 fully saturated rings. The van der Waals surface area contributed by atoms with Gasteiger partial charge in [0.2, 0.25) is 0 Å². The summed E-state index contributed by atoms with van der Waals surface area (Å²) in [6.07, 6.45) is 0. The van der Waals surface area contributed by atoms with E-state index in [1.807, 2.05) is 30.4 Å². The molecule has 16 heavy (non-hydrogen) atoms. The van der Waals surface area contributed by atoms with Crippen LogP contribution < -0.4 is 5.32 Å². The van der Waals surface area contributed by atoms with Crippen LogP contribution in [0.25, 0.3) is 0 Å². The van der Waals surface area contributed by atoms with Gasteiger partial charge in [0.15, 0.2) is 0 Å². The van der Waals surface area contributed by atoms with Crippen molar-refractivity contribution in [3.05, 3.63) is 50.7 Å². The van der Waals surface area contributed by atoms with E-state index in [0.29, 0.717) is 0 Å². The van der Waals surface area contributed by atoms with Crippen molar-refractivity contribution >= 4 is 28.6 Å². The third kappa shape index (κ3) is 2.77. The summed E-state index contributed by atoms with van der Waals surface area (Å²) < 4.78 is 0. The highest BCUT2D eigenvalue weighted by Crippen LogP contribution is 2.24. The SMILES string of the molecule is Cc1ccc(NCc2ccc(C)s2)c(Cl)c1. The largest absolute Gasteiger partial charge is 0.379 e. The maximum absolute atomic E-state index is 6.14. The molecule has 0 bridgehead atoms. The van der Waals surface area contributed by atoms with Crippen LogP contribution in [0.3, 0.4) is 0 Å². The molecule has 1 heterocycles. The van der Waals surface area contributed by atoms with Crippen LogP contribution in [0.4, 0.5) is 5.69 Å². The fraction of sp³-hybridized carbons (Fsp3) is 0.231. The first-order valence-electron chi connectivity index (χ1n) is 5.20. The summed E-state index contributed by atoms with van der Waals surface area (Å²) in [5, 5.41) is 4.13. The summed E-state index contributed by atoms with van der Waals surface area (Å²) >= 11 is 7.95. The molecular formula is C13H14ClNS. The average Bonchev–Trinajstić information content (AvgIpc) is 2.63. The Morgan fingerprint density at radius 1 is 1.19 bits per heavy atom. The quantitative estimate of drug-likeness (QED) is 0.839. The van der Waals surface area contributed by atoms with Crippen LogP contribution in [0.5, 0.6) is 0 Å². The standard InChI is InChI=1S/C13H14ClNS/c1-9-3-6-13(12(14)7-9)15-8-11-5-4-10(2)16-11/h3-7,15H,8H2,1-2H3. The molecule has 0 aliphatic rings. The predicted molar refractivity (Wildman–Crippen MR) is 72.6 cm³/mol. The molecule has 0 aliphatic heterocycles. The number of hydrogen-bond donors (Lipinski definition) is 1. The maximum Gasteiger partial charge on any atom is 0.0640 e.